The van der Waals surface area contributed by atoms with Crippen LogP contribution in [0, 0.1) is 5.92 Å². The first-order chi connectivity index (χ1) is 13.3. The van der Waals surface area contributed by atoms with Crippen LogP contribution in [-0.4, -0.2) is 29.4 Å². The summed E-state index contributed by atoms with van der Waals surface area (Å²) in [6.07, 6.45) is 6.53. The standard InChI is InChI=1S/C24H30N2O.ClH/c27-24(17-21-15-22-11-12-23(16-21)25-22)26(18-20-9-5-2-6-10-20)14-13-19-7-3-1-4-8-19;/h1-10,21-23,25H,11-18H2;1H. The molecule has 2 aliphatic heterocycles. The van der Waals surface area contributed by atoms with Crippen LogP contribution in [0.1, 0.15) is 43.2 Å². The van der Waals surface area contributed by atoms with Crippen molar-refractivity contribution in [1.29, 1.82) is 0 Å². The third kappa shape index (κ3) is 5.59. The maximum Gasteiger partial charge on any atom is 0.223 e. The summed E-state index contributed by atoms with van der Waals surface area (Å²) in [5.41, 5.74) is 2.51. The van der Waals surface area contributed by atoms with Gasteiger partial charge in [0.05, 0.1) is 0 Å². The average Bonchev–Trinajstić information content (AvgIpc) is 3.05. The molecule has 0 spiro atoms. The quantitative estimate of drug-likeness (QED) is 0.739. The van der Waals surface area contributed by atoms with E-state index in [4.69, 9.17) is 0 Å². The lowest BCUT2D eigenvalue weighted by atomic mass is 9.89. The van der Waals surface area contributed by atoms with Crippen LogP contribution < -0.4 is 5.32 Å². The topological polar surface area (TPSA) is 32.3 Å². The van der Waals surface area contributed by atoms with Crippen LogP contribution in [-0.2, 0) is 17.8 Å². The first-order valence-electron chi connectivity index (χ1n) is 10.4. The number of carbonyl (C=O) groups is 1. The SMILES string of the molecule is Cl.O=C(CC1CC2CCC(C1)N2)N(CCc1ccccc1)Cc1ccccc1. The Hall–Kier alpha value is -1.84. The molecule has 2 heterocycles. The van der Waals surface area contributed by atoms with Crippen molar-refractivity contribution in [3.63, 3.8) is 0 Å². The van der Waals surface area contributed by atoms with Crippen LogP contribution in [0.15, 0.2) is 60.7 Å². The van der Waals surface area contributed by atoms with E-state index >= 15 is 0 Å². The van der Waals surface area contributed by atoms with Gasteiger partial charge in [-0.05, 0) is 49.1 Å². The van der Waals surface area contributed by atoms with Crippen LogP contribution >= 0.6 is 12.4 Å². The predicted octanol–water partition coefficient (Wildman–Crippen LogP) is 4.60. The molecule has 2 saturated heterocycles. The average molecular weight is 399 g/mol. The molecule has 2 aromatic carbocycles. The number of piperidine rings is 1. The van der Waals surface area contributed by atoms with E-state index in [1.807, 2.05) is 12.1 Å². The van der Waals surface area contributed by atoms with Gasteiger partial charge in [-0.2, -0.15) is 0 Å². The van der Waals surface area contributed by atoms with Gasteiger partial charge in [0.2, 0.25) is 5.91 Å². The van der Waals surface area contributed by atoms with Crippen LogP contribution in [0.4, 0.5) is 0 Å². The van der Waals surface area contributed by atoms with E-state index in [1.54, 1.807) is 0 Å². The first kappa shape index (κ1) is 20.9. The maximum atomic E-state index is 13.2. The van der Waals surface area contributed by atoms with Gasteiger partial charge in [-0.1, -0.05) is 60.7 Å². The van der Waals surface area contributed by atoms with Crippen molar-refractivity contribution >= 4 is 18.3 Å². The molecule has 2 aromatic rings. The molecule has 0 radical (unpaired) electrons. The Kier molecular flexibility index (Phi) is 7.52. The summed E-state index contributed by atoms with van der Waals surface area (Å²) in [6, 6.07) is 22.2. The second kappa shape index (κ2) is 10.1. The molecule has 1 amide bonds. The minimum Gasteiger partial charge on any atom is -0.338 e. The first-order valence-corrected chi connectivity index (χ1v) is 10.4. The molecule has 0 saturated carbocycles. The van der Waals surface area contributed by atoms with Gasteiger partial charge in [0.15, 0.2) is 0 Å². The molecule has 3 nitrogen and oxygen atoms in total. The summed E-state index contributed by atoms with van der Waals surface area (Å²) in [5, 5.41) is 3.68. The van der Waals surface area contributed by atoms with Gasteiger partial charge in [0.25, 0.3) is 0 Å². The Balaban J connectivity index is 0.00000225. The van der Waals surface area contributed by atoms with Crippen molar-refractivity contribution in [2.45, 2.75) is 57.2 Å². The molecule has 4 heteroatoms. The second-order valence-corrected chi connectivity index (χ2v) is 8.22. The van der Waals surface area contributed by atoms with Crippen LogP contribution in [0.5, 0.6) is 0 Å². The van der Waals surface area contributed by atoms with Crippen molar-refractivity contribution in [2.24, 2.45) is 5.92 Å². The highest BCUT2D eigenvalue weighted by Crippen LogP contribution is 2.33. The number of hydrogen-bond acceptors (Lipinski definition) is 2. The Morgan fingerprint density at radius 2 is 1.46 bits per heavy atom. The lowest BCUT2D eigenvalue weighted by Gasteiger charge is -2.31. The highest BCUT2D eigenvalue weighted by atomic mass is 35.5. The van der Waals surface area contributed by atoms with E-state index in [-0.39, 0.29) is 12.4 Å². The van der Waals surface area contributed by atoms with Gasteiger partial charge in [-0.3, -0.25) is 4.79 Å². The summed E-state index contributed by atoms with van der Waals surface area (Å²) in [7, 11) is 0. The van der Waals surface area contributed by atoms with E-state index in [0.29, 0.717) is 36.9 Å². The van der Waals surface area contributed by atoms with Crippen molar-refractivity contribution in [3.8, 4) is 0 Å². The number of halogens is 1. The summed E-state index contributed by atoms with van der Waals surface area (Å²) in [4.78, 5) is 15.3. The molecule has 2 fully saturated rings. The number of rotatable bonds is 7. The van der Waals surface area contributed by atoms with Gasteiger partial charge in [0.1, 0.15) is 0 Å². The number of carbonyl (C=O) groups excluding carboxylic acids is 1. The van der Waals surface area contributed by atoms with Crippen molar-refractivity contribution < 1.29 is 4.79 Å². The molecule has 0 aromatic heterocycles. The monoisotopic (exact) mass is 398 g/mol. The van der Waals surface area contributed by atoms with Gasteiger partial charge < -0.3 is 10.2 Å². The fourth-order valence-corrected chi connectivity index (χ4v) is 4.72. The van der Waals surface area contributed by atoms with Gasteiger partial charge in [-0.15, -0.1) is 12.4 Å². The summed E-state index contributed by atoms with van der Waals surface area (Å²) in [5.74, 6) is 0.868. The molecule has 4 rings (SSSR count). The fraction of sp³-hybridized carbons (Fsp3) is 0.458. The Bertz CT molecular complexity index is 725. The van der Waals surface area contributed by atoms with E-state index in [2.05, 4.69) is 58.7 Å². The minimum absolute atomic E-state index is 0. The van der Waals surface area contributed by atoms with E-state index in [9.17, 15) is 4.79 Å². The molecule has 2 atom stereocenters. The summed E-state index contributed by atoms with van der Waals surface area (Å²) >= 11 is 0. The minimum atomic E-state index is 0. The number of hydrogen-bond donors (Lipinski definition) is 1. The van der Waals surface area contributed by atoms with Crippen molar-refractivity contribution in [2.75, 3.05) is 6.54 Å². The van der Waals surface area contributed by atoms with E-state index in [0.717, 1.165) is 13.0 Å². The van der Waals surface area contributed by atoms with Crippen LogP contribution in [0.25, 0.3) is 0 Å². The third-order valence-electron chi connectivity index (χ3n) is 6.12. The highest BCUT2D eigenvalue weighted by Gasteiger charge is 2.34. The molecule has 2 unspecified atom stereocenters. The predicted molar refractivity (Wildman–Crippen MR) is 117 cm³/mol. The van der Waals surface area contributed by atoms with E-state index < -0.39 is 0 Å². The Morgan fingerprint density at radius 3 is 2.07 bits per heavy atom. The molecule has 150 valence electrons. The molecule has 2 aliphatic rings. The third-order valence-corrected chi connectivity index (χ3v) is 6.12. The smallest absolute Gasteiger partial charge is 0.223 e. The van der Waals surface area contributed by atoms with Crippen LogP contribution in [0.3, 0.4) is 0 Å². The fourth-order valence-electron chi connectivity index (χ4n) is 4.72. The molecule has 2 bridgehead atoms. The maximum absolute atomic E-state index is 13.2. The largest absolute Gasteiger partial charge is 0.338 e. The van der Waals surface area contributed by atoms with Gasteiger partial charge in [-0.25, -0.2) is 0 Å². The second-order valence-electron chi connectivity index (χ2n) is 8.22. The normalized spacial score (nSPS) is 23.1. The summed E-state index contributed by atoms with van der Waals surface area (Å²) < 4.78 is 0. The number of nitrogens with zero attached hydrogens (tertiary/aromatic N) is 1. The molecule has 28 heavy (non-hydrogen) atoms. The van der Waals surface area contributed by atoms with Gasteiger partial charge in [0, 0.05) is 31.6 Å². The number of amides is 1. The highest BCUT2D eigenvalue weighted by molar-refractivity contribution is 5.85. The lowest BCUT2D eigenvalue weighted by molar-refractivity contribution is -0.133. The zero-order valence-corrected chi connectivity index (χ0v) is 17.2. The molecule has 0 aliphatic carbocycles. The van der Waals surface area contributed by atoms with E-state index in [1.165, 1.54) is 36.8 Å². The van der Waals surface area contributed by atoms with Crippen molar-refractivity contribution in [1.82, 2.24) is 10.2 Å². The number of fused-ring (bicyclic) bond motifs is 2. The number of benzene rings is 2. The number of nitrogens with one attached hydrogen (secondary N) is 1. The Labute approximate surface area is 174 Å². The molecule has 1 N–H and O–H groups in total. The zero-order chi connectivity index (χ0) is 18.5. The molecular weight excluding hydrogens is 368 g/mol. The molecular formula is C24H31ClN2O. The van der Waals surface area contributed by atoms with Crippen molar-refractivity contribution in [3.05, 3.63) is 71.8 Å². The lowest BCUT2D eigenvalue weighted by Crippen LogP contribution is -2.40. The zero-order valence-electron chi connectivity index (χ0n) is 16.4. The van der Waals surface area contributed by atoms with Crippen LogP contribution in [0.2, 0.25) is 0 Å². The summed E-state index contributed by atoms with van der Waals surface area (Å²) in [6.45, 7) is 1.50. The van der Waals surface area contributed by atoms with Gasteiger partial charge >= 0.3 is 0 Å². The Morgan fingerprint density at radius 1 is 0.893 bits per heavy atom.